The first kappa shape index (κ1) is 24.4. The Hall–Kier alpha value is -2.71. The van der Waals surface area contributed by atoms with Gasteiger partial charge in [0.25, 0.3) is 5.91 Å². The lowest BCUT2D eigenvalue weighted by Crippen LogP contribution is -2.55. The molecule has 6 nitrogen and oxygen atoms in total. The fraction of sp³-hybridized carbons (Fsp3) is 0.269. The zero-order valence-electron chi connectivity index (χ0n) is 19.2. The van der Waals surface area contributed by atoms with E-state index in [4.69, 9.17) is 26.8 Å². The van der Waals surface area contributed by atoms with Crippen LogP contribution in [0, 0.1) is 0 Å². The van der Waals surface area contributed by atoms with E-state index in [-0.39, 0.29) is 6.54 Å². The molecule has 0 spiro atoms. The molecule has 3 aromatic rings. The SMILES string of the molecule is COc1ccc(C2Sc3cc(Oc4ccccc4)ccc3N(C(C)(C)CN)C(=O)C2O)cc1Cl. The Morgan fingerprint density at radius 2 is 1.82 bits per heavy atom. The molecular formula is C26H27ClN2O4S. The number of nitrogens with zero attached hydrogens (tertiary/aromatic N) is 1. The fourth-order valence-corrected chi connectivity index (χ4v) is 5.40. The molecule has 0 aromatic heterocycles. The van der Waals surface area contributed by atoms with Crippen molar-refractivity contribution in [3.63, 3.8) is 0 Å². The van der Waals surface area contributed by atoms with Gasteiger partial charge < -0.3 is 25.2 Å². The number of nitrogens with two attached hydrogens (primary N) is 1. The first-order valence-corrected chi connectivity index (χ1v) is 12.1. The average Bonchev–Trinajstić information content (AvgIpc) is 2.94. The second-order valence-electron chi connectivity index (χ2n) is 8.61. The van der Waals surface area contributed by atoms with Crippen molar-refractivity contribution in [1.29, 1.82) is 0 Å². The number of halogens is 1. The zero-order chi connectivity index (χ0) is 24.5. The number of aliphatic hydroxyl groups excluding tert-OH is 1. The number of fused-ring (bicyclic) bond motifs is 1. The van der Waals surface area contributed by atoms with Crippen LogP contribution >= 0.6 is 23.4 Å². The molecule has 1 aliphatic rings. The first-order chi connectivity index (χ1) is 16.2. The Morgan fingerprint density at radius 1 is 1.09 bits per heavy atom. The molecule has 1 heterocycles. The molecule has 2 unspecified atom stereocenters. The summed E-state index contributed by atoms with van der Waals surface area (Å²) in [7, 11) is 1.54. The van der Waals surface area contributed by atoms with Gasteiger partial charge in [0.2, 0.25) is 0 Å². The third kappa shape index (κ3) is 4.74. The topological polar surface area (TPSA) is 85.0 Å². The van der Waals surface area contributed by atoms with Gasteiger partial charge in [-0.15, -0.1) is 11.8 Å². The highest BCUT2D eigenvalue weighted by Crippen LogP contribution is 2.49. The van der Waals surface area contributed by atoms with Gasteiger partial charge in [0.1, 0.15) is 23.4 Å². The highest BCUT2D eigenvalue weighted by Gasteiger charge is 2.43. The summed E-state index contributed by atoms with van der Waals surface area (Å²) >= 11 is 7.75. The van der Waals surface area contributed by atoms with Crippen LogP contribution < -0.4 is 20.1 Å². The summed E-state index contributed by atoms with van der Waals surface area (Å²) in [6.07, 6.45) is -1.31. The van der Waals surface area contributed by atoms with Gasteiger partial charge in [-0.2, -0.15) is 0 Å². The summed E-state index contributed by atoms with van der Waals surface area (Å²) in [4.78, 5) is 16.0. The molecule has 1 aliphatic heterocycles. The van der Waals surface area contributed by atoms with Crippen molar-refractivity contribution in [1.82, 2.24) is 0 Å². The normalized spacial score (nSPS) is 18.3. The fourth-order valence-electron chi connectivity index (χ4n) is 3.87. The van der Waals surface area contributed by atoms with Crippen LogP contribution in [0.2, 0.25) is 5.02 Å². The molecule has 0 aliphatic carbocycles. The van der Waals surface area contributed by atoms with E-state index in [1.807, 2.05) is 68.4 Å². The summed E-state index contributed by atoms with van der Waals surface area (Å²) in [5, 5.41) is 11.0. The average molecular weight is 499 g/mol. The Balaban J connectivity index is 1.81. The number of carbonyl (C=O) groups excluding carboxylic acids is 1. The van der Waals surface area contributed by atoms with E-state index in [1.54, 1.807) is 17.0 Å². The number of ether oxygens (including phenoxy) is 2. The maximum Gasteiger partial charge on any atom is 0.257 e. The number of para-hydroxylation sites is 1. The van der Waals surface area contributed by atoms with Gasteiger partial charge >= 0.3 is 0 Å². The molecular weight excluding hydrogens is 472 g/mol. The summed E-state index contributed by atoms with van der Waals surface area (Å²) < 4.78 is 11.3. The first-order valence-electron chi connectivity index (χ1n) is 10.8. The number of benzene rings is 3. The molecule has 3 aromatic carbocycles. The Kier molecular flexibility index (Phi) is 7.09. The maximum atomic E-state index is 13.6. The minimum absolute atomic E-state index is 0.219. The Morgan fingerprint density at radius 3 is 2.47 bits per heavy atom. The molecule has 0 saturated carbocycles. The Labute approximate surface area is 208 Å². The highest BCUT2D eigenvalue weighted by atomic mass is 35.5. The van der Waals surface area contributed by atoms with Crippen molar-refractivity contribution < 1.29 is 19.4 Å². The van der Waals surface area contributed by atoms with Crippen molar-refractivity contribution in [3.05, 3.63) is 77.3 Å². The van der Waals surface area contributed by atoms with Crippen LogP contribution in [0.15, 0.2) is 71.6 Å². The summed E-state index contributed by atoms with van der Waals surface area (Å²) in [6.45, 7) is 3.98. The predicted octanol–water partition coefficient (Wildman–Crippen LogP) is 5.42. The molecule has 4 rings (SSSR count). The number of anilines is 1. The molecule has 3 N–H and O–H groups in total. The van der Waals surface area contributed by atoms with Gasteiger partial charge in [0.05, 0.1) is 28.6 Å². The van der Waals surface area contributed by atoms with Gasteiger partial charge in [-0.1, -0.05) is 35.9 Å². The van der Waals surface area contributed by atoms with Gasteiger partial charge in [-0.3, -0.25) is 4.79 Å². The van der Waals surface area contributed by atoms with Crippen LogP contribution in [0.3, 0.4) is 0 Å². The lowest BCUT2D eigenvalue weighted by molar-refractivity contribution is -0.127. The zero-order valence-corrected chi connectivity index (χ0v) is 20.8. The second kappa shape index (κ2) is 9.88. The number of amides is 1. The largest absolute Gasteiger partial charge is 0.495 e. The van der Waals surface area contributed by atoms with Crippen LogP contribution in [0.5, 0.6) is 17.2 Å². The molecule has 178 valence electrons. The number of hydrogen-bond acceptors (Lipinski definition) is 6. The molecule has 0 radical (unpaired) electrons. The number of methoxy groups -OCH3 is 1. The molecule has 0 fully saturated rings. The van der Waals surface area contributed by atoms with E-state index in [0.717, 1.165) is 4.90 Å². The second-order valence-corrected chi connectivity index (χ2v) is 10.2. The van der Waals surface area contributed by atoms with Gasteiger partial charge in [0.15, 0.2) is 0 Å². The lowest BCUT2D eigenvalue weighted by Gasteiger charge is -2.38. The van der Waals surface area contributed by atoms with E-state index >= 15 is 0 Å². The number of carbonyl (C=O) groups is 1. The lowest BCUT2D eigenvalue weighted by atomic mass is 9.98. The van der Waals surface area contributed by atoms with Gasteiger partial charge in [0, 0.05) is 11.4 Å². The third-order valence-electron chi connectivity index (χ3n) is 5.77. The standard InChI is InChI=1S/C26H27ClN2O4S/c1-26(2,15-28)29-20-11-10-18(33-17-7-5-4-6-8-17)14-22(20)34-24(23(30)25(29)31)16-9-12-21(32-3)19(27)13-16/h4-14,23-24,30H,15,28H2,1-3H3. The quantitative estimate of drug-likeness (QED) is 0.472. The summed E-state index contributed by atoms with van der Waals surface area (Å²) in [5.74, 6) is 1.43. The van der Waals surface area contributed by atoms with E-state index in [9.17, 15) is 9.90 Å². The molecule has 0 bridgehead atoms. The molecule has 1 amide bonds. The van der Waals surface area contributed by atoms with E-state index < -0.39 is 22.8 Å². The Bertz CT molecular complexity index is 1190. The molecule has 34 heavy (non-hydrogen) atoms. The van der Waals surface area contributed by atoms with Crippen molar-refractivity contribution >= 4 is 35.0 Å². The minimum Gasteiger partial charge on any atom is -0.495 e. The number of thioether (sulfide) groups is 1. The smallest absolute Gasteiger partial charge is 0.257 e. The molecule has 2 atom stereocenters. The van der Waals surface area contributed by atoms with Crippen molar-refractivity contribution in [2.24, 2.45) is 5.73 Å². The van der Waals surface area contributed by atoms with Crippen LogP contribution in [-0.4, -0.2) is 36.3 Å². The number of aliphatic hydroxyl groups is 1. The van der Waals surface area contributed by atoms with E-state index in [0.29, 0.717) is 33.5 Å². The predicted molar refractivity (Wildman–Crippen MR) is 136 cm³/mol. The highest BCUT2D eigenvalue weighted by molar-refractivity contribution is 7.99. The summed E-state index contributed by atoms with van der Waals surface area (Å²) in [6, 6.07) is 20.3. The molecule has 8 heteroatoms. The van der Waals surface area contributed by atoms with E-state index in [2.05, 4.69) is 0 Å². The number of rotatable bonds is 6. The van der Waals surface area contributed by atoms with Crippen molar-refractivity contribution in [2.45, 2.75) is 35.6 Å². The van der Waals surface area contributed by atoms with Crippen molar-refractivity contribution in [2.75, 3.05) is 18.6 Å². The minimum atomic E-state index is -1.31. The van der Waals surface area contributed by atoms with E-state index in [1.165, 1.54) is 18.9 Å². The maximum absolute atomic E-state index is 13.6. The van der Waals surface area contributed by atoms with Crippen LogP contribution in [-0.2, 0) is 4.79 Å². The molecule has 0 saturated heterocycles. The van der Waals surface area contributed by atoms with Gasteiger partial charge in [-0.05, 0) is 61.9 Å². The number of hydrogen-bond donors (Lipinski definition) is 2. The monoisotopic (exact) mass is 498 g/mol. The van der Waals surface area contributed by atoms with Crippen LogP contribution in [0.4, 0.5) is 5.69 Å². The van der Waals surface area contributed by atoms with Gasteiger partial charge in [-0.25, -0.2) is 0 Å². The van der Waals surface area contributed by atoms with Crippen LogP contribution in [0.25, 0.3) is 0 Å². The summed E-state index contributed by atoms with van der Waals surface area (Å²) in [5.41, 5.74) is 6.71. The third-order valence-corrected chi connectivity index (χ3v) is 7.43. The van der Waals surface area contributed by atoms with Crippen molar-refractivity contribution in [3.8, 4) is 17.2 Å². The van der Waals surface area contributed by atoms with Crippen LogP contribution in [0.1, 0.15) is 24.7 Å².